The molecule has 0 saturated heterocycles. The first-order valence-corrected chi connectivity index (χ1v) is 5.63. The standard InChI is InChI=1S/C12H15NS/c1-12(2,3)10-4-6-11(7-5-10)14-9-8-13/h4-7H,9H2,1-3H3. The van der Waals surface area contributed by atoms with E-state index in [1.165, 1.54) is 10.5 Å². The zero-order valence-corrected chi connectivity index (χ0v) is 9.69. The Morgan fingerprint density at radius 1 is 1.21 bits per heavy atom. The number of benzene rings is 1. The number of nitriles is 1. The summed E-state index contributed by atoms with van der Waals surface area (Å²) in [7, 11) is 0. The molecule has 0 aliphatic rings. The van der Waals surface area contributed by atoms with Crippen LogP contribution < -0.4 is 0 Å². The highest BCUT2D eigenvalue weighted by atomic mass is 32.2. The fraction of sp³-hybridized carbons (Fsp3) is 0.417. The van der Waals surface area contributed by atoms with Crippen LogP contribution in [-0.4, -0.2) is 5.75 Å². The molecule has 0 aliphatic heterocycles. The second kappa shape index (κ2) is 4.52. The fourth-order valence-corrected chi connectivity index (χ4v) is 1.73. The lowest BCUT2D eigenvalue weighted by atomic mass is 9.87. The van der Waals surface area contributed by atoms with Gasteiger partial charge in [-0.1, -0.05) is 32.9 Å². The molecule has 0 unspecified atom stereocenters. The average Bonchev–Trinajstić information content (AvgIpc) is 2.14. The third kappa shape index (κ3) is 3.08. The summed E-state index contributed by atoms with van der Waals surface area (Å²) in [6.07, 6.45) is 0. The highest BCUT2D eigenvalue weighted by molar-refractivity contribution is 7.99. The maximum Gasteiger partial charge on any atom is 0.0855 e. The lowest BCUT2D eigenvalue weighted by Gasteiger charge is -2.18. The molecule has 74 valence electrons. The van der Waals surface area contributed by atoms with Gasteiger partial charge in [-0.15, -0.1) is 11.8 Å². The monoisotopic (exact) mass is 205 g/mol. The van der Waals surface area contributed by atoms with E-state index in [0.29, 0.717) is 5.75 Å². The molecule has 0 aromatic heterocycles. The Labute approximate surface area is 90.1 Å². The van der Waals surface area contributed by atoms with Crippen LogP contribution in [0.25, 0.3) is 0 Å². The molecule has 0 bridgehead atoms. The Morgan fingerprint density at radius 3 is 2.21 bits per heavy atom. The maximum absolute atomic E-state index is 8.44. The van der Waals surface area contributed by atoms with Crippen LogP contribution >= 0.6 is 11.8 Å². The van der Waals surface area contributed by atoms with E-state index in [4.69, 9.17) is 5.26 Å². The zero-order valence-electron chi connectivity index (χ0n) is 8.87. The van der Waals surface area contributed by atoms with Crippen LogP contribution in [0.2, 0.25) is 0 Å². The van der Waals surface area contributed by atoms with Gasteiger partial charge in [0.2, 0.25) is 0 Å². The van der Waals surface area contributed by atoms with E-state index in [-0.39, 0.29) is 5.41 Å². The normalized spacial score (nSPS) is 11.0. The molecule has 0 spiro atoms. The lowest BCUT2D eigenvalue weighted by molar-refractivity contribution is 0.590. The van der Waals surface area contributed by atoms with E-state index in [0.717, 1.165) is 0 Å². The Balaban J connectivity index is 2.75. The van der Waals surface area contributed by atoms with Crippen molar-refractivity contribution in [3.8, 4) is 6.07 Å². The van der Waals surface area contributed by atoms with Crippen LogP contribution in [0.3, 0.4) is 0 Å². The van der Waals surface area contributed by atoms with Crippen molar-refractivity contribution in [2.75, 3.05) is 5.75 Å². The highest BCUT2D eigenvalue weighted by Crippen LogP contribution is 2.25. The van der Waals surface area contributed by atoms with Crippen LogP contribution in [0.15, 0.2) is 29.2 Å². The summed E-state index contributed by atoms with van der Waals surface area (Å²) in [6, 6.07) is 10.6. The third-order valence-corrected chi connectivity index (χ3v) is 2.90. The lowest BCUT2D eigenvalue weighted by Crippen LogP contribution is -2.10. The molecule has 0 fully saturated rings. The first-order chi connectivity index (χ1) is 6.54. The molecule has 1 aromatic carbocycles. The number of hydrogen-bond acceptors (Lipinski definition) is 2. The van der Waals surface area contributed by atoms with Gasteiger partial charge < -0.3 is 0 Å². The van der Waals surface area contributed by atoms with Gasteiger partial charge in [0, 0.05) is 4.90 Å². The summed E-state index contributed by atoms with van der Waals surface area (Å²) < 4.78 is 0. The Morgan fingerprint density at radius 2 is 1.79 bits per heavy atom. The number of nitrogens with zero attached hydrogens (tertiary/aromatic N) is 1. The molecule has 0 aliphatic carbocycles. The van der Waals surface area contributed by atoms with Gasteiger partial charge in [-0.3, -0.25) is 0 Å². The molecule has 0 N–H and O–H groups in total. The summed E-state index contributed by atoms with van der Waals surface area (Å²) in [5, 5.41) is 8.44. The summed E-state index contributed by atoms with van der Waals surface area (Å²) in [5.74, 6) is 0.523. The van der Waals surface area contributed by atoms with Crippen LogP contribution in [0.1, 0.15) is 26.3 Å². The van der Waals surface area contributed by atoms with Crippen LogP contribution in [0, 0.1) is 11.3 Å². The smallest absolute Gasteiger partial charge is 0.0855 e. The van der Waals surface area contributed by atoms with Crippen molar-refractivity contribution >= 4 is 11.8 Å². The van der Waals surface area contributed by atoms with Crippen LogP contribution in [-0.2, 0) is 5.41 Å². The first-order valence-electron chi connectivity index (χ1n) is 4.64. The summed E-state index contributed by atoms with van der Waals surface area (Å²) in [5.41, 5.74) is 1.54. The fourth-order valence-electron chi connectivity index (χ4n) is 1.17. The molecular formula is C12H15NS. The molecule has 0 atom stereocenters. The molecule has 0 amide bonds. The topological polar surface area (TPSA) is 23.8 Å². The van der Waals surface area contributed by atoms with Crippen LogP contribution in [0.4, 0.5) is 0 Å². The van der Waals surface area contributed by atoms with Crippen molar-refractivity contribution in [1.29, 1.82) is 5.26 Å². The molecule has 1 rings (SSSR count). The average molecular weight is 205 g/mol. The van der Waals surface area contributed by atoms with Crippen molar-refractivity contribution in [3.63, 3.8) is 0 Å². The minimum Gasteiger partial charge on any atom is -0.197 e. The Kier molecular flexibility index (Phi) is 3.60. The van der Waals surface area contributed by atoms with Gasteiger partial charge in [0.15, 0.2) is 0 Å². The van der Waals surface area contributed by atoms with Crippen molar-refractivity contribution in [2.45, 2.75) is 31.1 Å². The summed E-state index contributed by atoms with van der Waals surface area (Å²) in [4.78, 5) is 1.17. The molecule has 14 heavy (non-hydrogen) atoms. The maximum atomic E-state index is 8.44. The largest absolute Gasteiger partial charge is 0.197 e. The summed E-state index contributed by atoms with van der Waals surface area (Å²) in [6.45, 7) is 6.60. The number of thioether (sulfide) groups is 1. The van der Waals surface area contributed by atoms with Gasteiger partial charge in [-0.25, -0.2) is 0 Å². The van der Waals surface area contributed by atoms with Gasteiger partial charge in [-0.05, 0) is 23.1 Å². The number of hydrogen-bond donors (Lipinski definition) is 0. The first kappa shape index (κ1) is 11.1. The van der Waals surface area contributed by atoms with E-state index in [9.17, 15) is 0 Å². The van der Waals surface area contributed by atoms with E-state index in [1.807, 2.05) is 0 Å². The van der Waals surface area contributed by atoms with Gasteiger partial charge in [0.1, 0.15) is 0 Å². The zero-order chi connectivity index (χ0) is 10.6. The van der Waals surface area contributed by atoms with Crippen molar-refractivity contribution in [2.24, 2.45) is 0 Å². The predicted molar refractivity (Wildman–Crippen MR) is 61.5 cm³/mol. The third-order valence-electron chi connectivity index (χ3n) is 2.02. The molecule has 0 radical (unpaired) electrons. The Hall–Kier alpha value is -0.940. The minimum absolute atomic E-state index is 0.207. The second-order valence-corrected chi connectivity index (χ2v) is 5.27. The molecular weight excluding hydrogens is 190 g/mol. The van der Waals surface area contributed by atoms with Gasteiger partial charge in [-0.2, -0.15) is 5.26 Å². The SMILES string of the molecule is CC(C)(C)c1ccc(SCC#N)cc1. The van der Waals surface area contributed by atoms with Crippen molar-refractivity contribution < 1.29 is 0 Å². The highest BCUT2D eigenvalue weighted by Gasteiger charge is 2.12. The van der Waals surface area contributed by atoms with Crippen molar-refractivity contribution in [3.05, 3.63) is 29.8 Å². The molecule has 0 saturated carbocycles. The predicted octanol–water partition coefficient (Wildman–Crippen LogP) is 3.60. The van der Waals surface area contributed by atoms with Crippen LogP contribution in [0.5, 0.6) is 0 Å². The quantitative estimate of drug-likeness (QED) is 0.689. The molecule has 1 aromatic rings. The second-order valence-electron chi connectivity index (χ2n) is 4.22. The van der Waals surface area contributed by atoms with E-state index in [2.05, 4.69) is 51.1 Å². The Bertz CT molecular complexity index is 327. The molecule has 0 heterocycles. The minimum atomic E-state index is 0.207. The van der Waals surface area contributed by atoms with Gasteiger partial charge >= 0.3 is 0 Å². The van der Waals surface area contributed by atoms with E-state index in [1.54, 1.807) is 11.8 Å². The number of rotatable bonds is 2. The van der Waals surface area contributed by atoms with Gasteiger partial charge in [0.25, 0.3) is 0 Å². The van der Waals surface area contributed by atoms with E-state index >= 15 is 0 Å². The van der Waals surface area contributed by atoms with E-state index < -0.39 is 0 Å². The summed E-state index contributed by atoms with van der Waals surface area (Å²) >= 11 is 1.58. The molecule has 1 nitrogen and oxygen atoms in total. The molecule has 2 heteroatoms. The van der Waals surface area contributed by atoms with Crippen molar-refractivity contribution in [1.82, 2.24) is 0 Å². The van der Waals surface area contributed by atoms with Gasteiger partial charge in [0.05, 0.1) is 11.8 Å².